The summed E-state index contributed by atoms with van der Waals surface area (Å²) in [5, 5.41) is 2.81. The molecule has 0 aliphatic carbocycles. The van der Waals surface area contributed by atoms with Crippen LogP contribution in [0, 0.1) is 0 Å². The first-order valence-corrected chi connectivity index (χ1v) is 7.86. The summed E-state index contributed by atoms with van der Waals surface area (Å²) < 4.78 is 5.18. The van der Waals surface area contributed by atoms with Crippen molar-refractivity contribution in [3.05, 3.63) is 35.9 Å². The lowest BCUT2D eigenvalue weighted by molar-refractivity contribution is -0.134. The van der Waals surface area contributed by atoms with Crippen LogP contribution in [0.15, 0.2) is 30.3 Å². The van der Waals surface area contributed by atoms with Crippen molar-refractivity contribution in [2.45, 2.75) is 51.8 Å². The van der Waals surface area contributed by atoms with Gasteiger partial charge in [-0.25, -0.2) is 9.69 Å². The fourth-order valence-corrected chi connectivity index (χ4v) is 2.39. The maximum absolute atomic E-state index is 12.2. The minimum absolute atomic E-state index is 0.000362. The minimum atomic E-state index is -0.778. The van der Waals surface area contributed by atoms with E-state index in [2.05, 4.69) is 5.32 Å². The third-order valence-electron chi connectivity index (χ3n) is 3.92. The Kier molecular flexibility index (Phi) is 5.73. The molecule has 0 unspecified atom stereocenters. The molecule has 2 atom stereocenters. The van der Waals surface area contributed by atoms with E-state index in [1.807, 2.05) is 44.2 Å². The molecule has 124 valence electrons. The van der Waals surface area contributed by atoms with E-state index >= 15 is 0 Å². The summed E-state index contributed by atoms with van der Waals surface area (Å²) in [5.74, 6) is -0.672. The molecule has 0 bridgehead atoms. The van der Waals surface area contributed by atoms with Crippen LogP contribution < -0.4 is 5.32 Å². The molecule has 6 nitrogen and oxygen atoms in total. The van der Waals surface area contributed by atoms with Crippen LogP contribution >= 0.6 is 0 Å². The molecule has 1 heterocycles. The van der Waals surface area contributed by atoms with E-state index in [4.69, 9.17) is 4.74 Å². The van der Waals surface area contributed by atoms with Gasteiger partial charge in [-0.15, -0.1) is 0 Å². The maximum atomic E-state index is 12.2. The monoisotopic (exact) mass is 318 g/mol. The zero-order valence-electron chi connectivity index (χ0n) is 13.5. The number of imide groups is 1. The summed E-state index contributed by atoms with van der Waals surface area (Å²) in [6.07, 6.45) is 0.534. The van der Waals surface area contributed by atoms with Crippen LogP contribution in [0.3, 0.4) is 0 Å². The Morgan fingerprint density at radius 2 is 2.04 bits per heavy atom. The number of nitrogens with zero attached hydrogens (tertiary/aromatic N) is 1. The number of amides is 3. The molecule has 1 saturated heterocycles. The van der Waals surface area contributed by atoms with Crippen molar-refractivity contribution in [3.63, 3.8) is 0 Å². The first-order chi connectivity index (χ1) is 11.0. The van der Waals surface area contributed by atoms with E-state index in [0.717, 1.165) is 16.9 Å². The molecule has 1 N–H and O–H groups in total. The maximum Gasteiger partial charge on any atom is 0.417 e. The predicted octanol–water partition coefficient (Wildman–Crippen LogP) is 2.23. The highest BCUT2D eigenvalue weighted by Gasteiger charge is 2.41. The van der Waals surface area contributed by atoms with Crippen LogP contribution in [0.25, 0.3) is 0 Å². The lowest BCUT2D eigenvalue weighted by atomic mass is 10.2. The topological polar surface area (TPSA) is 75.7 Å². The van der Waals surface area contributed by atoms with Gasteiger partial charge in [-0.3, -0.25) is 9.59 Å². The molecule has 1 fully saturated rings. The number of rotatable bonds is 5. The van der Waals surface area contributed by atoms with Crippen molar-refractivity contribution in [1.29, 1.82) is 0 Å². The van der Waals surface area contributed by atoms with E-state index in [1.54, 1.807) is 0 Å². The number of carbonyl (C=O) groups excluding carboxylic acids is 3. The van der Waals surface area contributed by atoms with Gasteiger partial charge < -0.3 is 10.1 Å². The van der Waals surface area contributed by atoms with Gasteiger partial charge in [-0.05, 0) is 25.3 Å². The lowest BCUT2D eigenvalue weighted by Crippen LogP contribution is -2.49. The van der Waals surface area contributed by atoms with Gasteiger partial charge in [-0.1, -0.05) is 37.3 Å². The lowest BCUT2D eigenvalue weighted by Gasteiger charge is -2.23. The first kappa shape index (κ1) is 17.0. The van der Waals surface area contributed by atoms with Crippen molar-refractivity contribution in [1.82, 2.24) is 10.2 Å². The number of benzene rings is 1. The van der Waals surface area contributed by atoms with Crippen LogP contribution in [0.4, 0.5) is 4.79 Å². The summed E-state index contributed by atoms with van der Waals surface area (Å²) in [5.41, 5.74) is 0.827. The smallest absolute Gasteiger partial charge is 0.417 e. The SMILES string of the molecule is CC[C@@H](C)NC(=O)[C@H]1CCC(=O)N1C(=O)OCc1ccccc1. The molecular weight excluding hydrogens is 296 g/mol. The zero-order valence-corrected chi connectivity index (χ0v) is 13.5. The number of nitrogens with one attached hydrogen (secondary N) is 1. The van der Waals surface area contributed by atoms with E-state index in [0.29, 0.717) is 6.42 Å². The van der Waals surface area contributed by atoms with Gasteiger partial charge in [0, 0.05) is 12.5 Å². The van der Waals surface area contributed by atoms with E-state index < -0.39 is 12.1 Å². The molecule has 3 amide bonds. The van der Waals surface area contributed by atoms with Crippen LogP contribution in [0.1, 0.15) is 38.7 Å². The average molecular weight is 318 g/mol. The third kappa shape index (κ3) is 4.31. The van der Waals surface area contributed by atoms with Crippen LogP contribution in [-0.4, -0.2) is 34.9 Å². The standard InChI is InChI=1S/C17H22N2O4/c1-3-12(2)18-16(21)14-9-10-15(20)19(14)17(22)23-11-13-7-5-4-6-8-13/h4-8,12,14H,3,9-11H2,1-2H3,(H,18,21)/t12-,14-/m1/s1. The van der Waals surface area contributed by atoms with Gasteiger partial charge in [0.1, 0.15) is 12.6 Å². The summed E-state index contributed by atoms with van der Waals surface area (Å²) in [6, 6.07) is 8.42. The van der Waals surface area contributed by atoms with Crippen LogP contribution in [-0.2, 0) is 20.9 Å². The van der Waals surface area contributed by atoms with Crippen molar-refractivity contribution in [3.8, 4) is 0 Å². The highest BCUT2D eigenvalue weighted by molar-refractivity contribution is 6.00. The van der Waals surface area contributed by atoms with Gasteiger partial charge >= 0.3 is 6.09 Å². The Morgan fingerprint density at radius 1 is 1.35 bits per heavy atom. The highest BCUT2D eigenvalue weighted by atomic mass is 16.6. The second kappa shape index (κ2) is 7.76. The second-order valence-corrected chi connectivity index (χ2v) is 5.68. The summed E-state index contributed by atoms with van der Waals surface area (Å²) in [6.45, 7) is 3.91. The summed E-state index contributed by atoms with van der Waals surface area (Å²) in [7, 11) is 0. The minimum Gasteiger partial charge on any atom is -0.444 e. The normalized spacial score (nSPS) is 18.6. The Bertz CT molecular complexity index is 573. The number of carbonyl (C=O) groups is 3. The Balaban J connectivity index is 1.98. The van der Waals surface area contributed by atoms with Gasteiger partial charge in [0.25, 0.3) is 0 Å². The summed E-state index contributed by atoms with van der Waals surface area (Å²) >= 11 is 0. The highest BCUT2D eigenvalue weighted by Crippen LogP contribution is 2.21. The van der Waals surface area contributed by atoms with Crippen molar-refractivity contribution in [2.75, 3.05) is 0 Å². The molecule has 0 spiro atoms. The fourth-order valence-electron chi connectivity index (χ4n) is 2.39. The number of likely N-dealkylation sites (tertiary alicyclic amines) is 1. The van der Waals surface area contributed by atoms with Gasteiger partial charge in [0.15, 0.2) is 0 Å². The quantitative estimate of drug-likeness (QED) is 0.903. The van der Waals surface area contributed by atoms with E-state index in [-0.39, 0.29) is 30.9 Å². The molecule has 1 aromatic rings. The Morgan fingerprint density at radius 3 is 2.70 bits per heavy atom. The van der Waals surface area contributed by atoms with Crippen LogP contribution in [0.2, 0.25) is 0 Å². The van der Waals surface area contributed by atoms with Gasteiger partial charge in [0.2, 0.25) is 11.8 Å². The van der Waals surface area contributed by atoms with E-state index in [1.165, 1.54) is 0 Å². The third-order valence-corrected chi connectivity index (χ3v) is 3.92. The molecule has 1 aliphatic heterocycles. The fraction of sp³-hybridized carbons (Fsp3) is 0.471. The number of ether oxygens (including phenoxy) is 1. The molecule has 0 radical (unpaired) electrons. The molecule has 0 saturated carbocycles. The molecule has 0 aromatic heterocycles. The second-order valence-electron chi connectivity index (χ2n) is 5.68. The largest absolute Gasteiger partial charge is 0.444 e. The molecular formula is C17H22N2O4. The van der Waals surface area contributed by atoms with Gasteiger partial charge in [-0.2, -0.15) is 0 Å². The summed E-state index contributed by atoms with van der Waals surface area (Å²) in [4.78, 5) is 37.3. The average Bonchev–Trinajstić information content (AvgIpc) is 2.95. The van der Waals surface area contributed by atoms with Gasteiger partial charge in [0.05, 0.1) is 0 Å². The van der Waals surface area contributed by atoms with E-state index in [9.17, 15) is 14.4 Å². The molecule has 2 rings (SSSR count). The molecule has 1 aliphatic rings. The van der Waals surface area contributed by atoms with Crippen LogP contribution in [0.5, 0.6) is 0 Å². The Labute approximate surface area is 135 Å². The predicted molar refractivity (Wildman–Crippen MR) is 84.4 cm³/mol. The van der Waals surface area contributed by atoms with Crippen molar-refractivity contribution in [2.24, 2.45) is 0 Å². The first-order valence-electron chi connectivity index (χ1n) is 7.86. The Hall–Kier alpha value is -2.37. The molecule has 6 heteroatoms. The zero-order chi connectivity index (χ0) is 16.8. The molecule has 23 heavy (non-hydrogen) atoms. The number of hydrogen-bond donors (Lipinski definition) is 1. The van der Waals surface area contributed by atoms with Crippen molar-refractivity contribution < 1.29 is 19.1 Å². The van der Waals surface area contributed by atoms with Crippen molar-refractivity contribution >= 4 is 17.9 Å². The number of hydrogen-bond acceptors (Lipinski definition) is 4. The molecule has 1 aromatic carbocycles.